The molecule has 0 bridgehead atoms. The second-order valence-electron chi connectivity index (χ2n) is 5.55. The van der Waals surface area contributed by atoms with Crippen molar-refractivity contribution in [3.8, 4) is 17.2 Å². The van der Waals surface area contributed by atoms with E-state index in [-0.39, 0.29) is 12.3 Å². The zero-order valence-corrected chi connectivity index (χ0v) is 16.2. The number of ether oxygens (including phenoxy) is 4. The lowest BCUT2D eigenvalue weighted by Gasteiger charge is -2.14. The van der Waals surface area contributed by atoms with Gasteiger partial charge in [-0.2, -0.15) is 0 Å². The zero-order valence-electron chi connectivity index (χ0n) is 16.2. The lowest BCUT2D eigenvalue weighted by Crippen LogP contribution is -2.46. The number of carbonyl (C=O) groups is 3. The molecule has 2 amide bonds. The van der Waals surface area contributed by atoms with Crippen LogP contribution in [0.4, 0.5) is 0 Å². The van der Waals surface area contributed by atoms with Crippen LogP contribution in [0.2, 0.25) is 0 Å². The Morgan fingerprint density at radius 3 is 2.11 bits per heavy atom. The summed E-state index contributed by atoms with van der Waals surface area (Å²) in [5.74, 6) is -0.246. The van der Waals surface area contributed by atoms with Crippen molar-refractivity contribution in [1.82, 2.24) is 10.6 Å². The van der Waals surface area contributed by atoms with Gasteiger partial charge in [0.1, 0.15) is 6.04 Å². The van der Waals surface area contributed by atoms with Crippen molar-refractivity contribution >= 4 is 17.8 Å². The molecule has 0 saturated carbocycles. The van der Waals surface area contributed by atoms with Crippen LogP contribution < -0.4 is 24.8 Å². The first-order chi connectivity index (χ1) is 12.9. The summed E-state index contributed by atoms with van der Waals surface area (Å²) in [4.78, 5) is 35.3. The number of carbonyl (C=O) groups excluding carboxylic acids is 3. The van der Waals surface area contributed by atoms with Gasteiger partial charge >= 0.3 is 5.97 Å². The third kappa shape index (κ3) is 6.69. The van der Waals surface area contributed by atoms with Crippen LogP contribution in [0.5, 0.6) is 17.2 Å². The van der Waals surface area contributed by atoms with Gasteiger partial charge in [-0.05, 0) is 31.5 Å². The predicted molar refractivity (Wildman–Crippen MR) is 97.0 cm³/mol. The van der Waals surface area contributed by atoms with Crippen LogP contribution in [-0.4, -0.2) is 58.3 Å². The minimum absolute atomic E-state index is 0.0874. The smallest absolute Gasteiger partial charge is 0.310 e. The Morgan fingerprint density at radius 1 is 1.04 bits per heavy atom. The molecule has 0 aromatic heterocycles. The molecule has 0 fully saturated rings. The van der Waals surface area contributed by atoms with Crippen LogP contribution >= 0.6 is 0 Å². The van der Waals surface area contributed by atoms with Gasteiger partial charge in [0.15, 0.2) is 18.1 Å². The third-order valence-corrected chi connectivity index (χ3v) is 3.56. The molecule has 0 saturated heterocycles. The average Bonchev–Trinajstić information content (AvgIpc) is 2.65. The third-order valence-electron chi connectivity index (χ3n) is 3.56. The number of nitrogens with one attached hydrogen (secondary N) is 2. The quantitative estimate of drug-likeness (QED) is 0.565. The van der Waals surface area contributed by atoms with E-state index < -0.39 is 24.5 Å². The van der Waals surface area contributed by atoms with Gasteiger partial charge in [-0.25, -0.2) is 0 Å². The summed E-state index contributed by atoms with van der Waals surface area (Å²) in [6.45, 7) is 3.30. The van der Waals surface area contributed by atoms with Gasteiger partial charge in [-0.3, -0.25) is 14.4 Å². The number of esters is 1. The molecular weight excluding hydrogens is 356 g/mol. The minimum atomic E-state index is -0.716. The second-order valence-corrected chi connectivity index (χ2v) is 5.55. The lowest BCUT2D eigenvalue weighted by molar-refractivity contribution is -0.148. The van der Waals surface area contributed by atoms with E-state index in [2.05, 4.69) is 10.6 Å². The maximum absolute atomic E-state index is 12.0. The van der Waals surface area contributed by atoms with Crippen molar-refractivity contribution in [2.45, 2.75) is 26.3 Å². The molecule has 0 aliphatic carbocycles. The largest absolute Gasteiger partial charge is 0.493 e. The van der Waals surface area contributed by atoms with Gasteiger partial charge in [-0.1, -0.05) is 0 Å². The number of benzene rings is 1. The first-order valence-corrected chi connectivity index (χ1v) is 8.37. The van der Waals surface area contributed by atoms with Crippen molar-refractivity contribution in [1.29, 1.82) is 0 Å². The lowest BCUT2D eigenvalue weighted by atomic mass is 10.1. The fraction of sp³-hybridized carbons (Fsp3) is 0.500. The fourth-order valence-electron chi connectivity index (χ4n) is 2.28. The van der Waals surface area contributed by atoms with Crippen LogP contribution in [0.25, 0.3) is 0 Å². The summed E-state index contributed by atoms with van der Waals surface area (Å²) in [5, 5.41) is 5.03. The van der Waals surface area contributed by atoms with Crippen LogP contribution in [0, 0.1) is 0 Å². The van der Waals surface area contributed by atoms with Crippen LogP contribution in [0.3, 0.4) is 0 Å². The van der Waals surface area contributed by atoms with Crippen LogP contribution in [-0.2, 0) is 25.5 Å². The molecule has 1 atom stereocenters. The molecule has 9 heteroatoms. The van der Waals surface area contributed by atoms with E-state index in [1.54, 1.807) is 26.0 Å². The molecule has 0 aliphatic heterocycles. The minimum Gasteiger partial charge on any atom is -0.493 e. The standard InChI is InChI=1S/C18H26N2O7/c1-6-19-18(23)11(2)20-15(21)10-27-16(22)9-12-7-13(24-3)17(26-5)14(8-12)25-4/h7-8,11H,6,9-10H2,1-5H3,(H,19,23)(H,20,21)/t11-/m0/s1. The number of likely N-dealkylation sites (N-methyl/N-ethyl adjacent to an activating group) is 1. The van der Waals surface area contributed by atoms with Crippen molar-refractivity contribution in [3.05, 3.63) is 17.7 Å². The van der Waals surface area contributed by atoms with Gasteiger partial charge in [0, 0.05) is 6.54 Å². The van der Waals surface area contributed by atoms with E-state index in [4.69, 9.17) is 18.9 Å². The normalized spacial score (nSPS) is 11.1. The Balaban J connectivity index is 2.62. The summed E-state index contributed by atoms with van der Waals surface area (Å²) in [7, 11) is 4.42. The van der Waals surface area contributed by atoms with Gasteiger partial charge < -0.3 is 29.6 Å². The molecule has 27 heavy (non-hydrogen) atoms. The van der Waals surface area contributed by atoms with Gasteiger partial charge in [-0.15, -0.1) is 0 Å². The van der Waals surface area contributed by atoms with E-state index >= 15 is 0 Å². The number of hydrogen-bond acceptors (Lipinski definition) is 7. The van der Waals surface area contributed by atoms with Crippen molar-refractivity contribution in [2.24, 2.45) is 0 Å². The predicted octanol–water partition coefficient (Wildman–Crippen LogP) is 0.439. The van der Waals surface area contributed by atoms with Crippen molar-refractivity contribution in [3.63, 3.8) is 0 Å². The summed E-state index contributed by atoms with van der Waals surface area (Å²) in [5.41, 5.74) is 0.575. The highest BCUT2D eigenvalue weighted by Gasteiger charge is 2.18. The molecule has 0 spiro atoms. The highest BCUT2D eigenvalue weighted by atomic mass is 16.5. The first-order valence-electron chi connectivity index (χ1n) is 8.37. The fourth-order valence-corrected chi connectivity index (χ4v) is 2.28. The molecule has 1 aromatic rings. The van der Waals surface area contributed by atoms with Gasteiger partial charge in [0.05, 0.1) is 27.8 Å². The number of rotatable bonds is 10. The Bertz CT molecular complexity index is 651. The average molecular weight is 382 g/mol. The summed E-state index contributed by atoms with van der Waals surface area (Å²) >= 11 is 0. The summed E-state index contributed by atoms with van der Waals surface area (Å²) in [6.07, 6.45) is -0.0874. The van der Waals surface area contributed by atoms with E-state index in [1.807, 2.05) is 0 Å². The monoisotopic (exact) mass is 382 g/mol. The number of hydrogen-bond donors (Lipinski definition) is 2. The highest BCUT2D eigenvalue weighted by molar-refractivity contribution is 5.88. The molecule has 0 unspecified atom stereocenters. The summed E-state index contributed by atoms with van der Waals surface area (Å²) < 4.78 is 20.6. The van der Waals surface area contributed by atoms with Crippen LogP contribution in [0.1, 0.15) is 19.4 Å². The molecule has 150 valence electrons. The molecule has 0 heterocycles. The molecular formula is C18H26N2O7. The second kappa shape index (κ2) is 10.9. The molecule has 0 radical (unpaired) electrons. The Hall–Kier alpha value is -2.97. The topological polar surface area (TPSA) is 112 Å². The molecule has 1 aromatic carbocycles. The molecule has 2 N–H and O–H groups in total. The maximum atomic E-state index is 12.0. The highest BCUT2D eigenvalue weighted by Crippen LogP contribution is 2.38. The van der Waals surface area contributed by atoms with E-state index in [0.29, 0.717) is 29.4 Å². The van der Waals surface area contributed by atoms with E-state index in [9.17, 15) is 14.4 Å². The number of amides is 2. The van der Waals surface area contributed by atoms with Crippen molar-refractivity contribution in [2.75, 3.05) is 34.5 Å². The zero-order chi connectivity index (χ0) is 20.4. The van der Waals surface area contributed by atoms with Crippen molar-refractivity contribution < 1.29 is 33.3 Å². The Labute approximate surface area is 158 Å². The Kier molecular flexibility index (Phi) is 8.91. The van der Waals surface area contributed by atoms with Gasteiger partial charge in [0.25, 0.3) is 5.91 Å². The summed E-state index contributed by atoms with van der Waals surface area (Å²) in [6, 6.07) is 2.53. The molecule has 9 nitrogen and oxygen atoms in total. The maximum Gasteiger partial charge on any atom is 0.310 e. The van der Waals surface area contributed by atoms with E-state index in [0.717, 1.165) is 0 Å². The SMILES string of the molecule is CCNC(=O)[C@H](C)NC(=O)COC(=O)Cc1cc(OC)c(OC)c(OC)c1. The first kappa shape index (κ1) is 22.1. The molecule has 1 rings (SSSR count). The number of methoxy groups -OCH3 is 3. The van der Waals surface area contributed by atoms with E-state index in [1.165, 1.54) is 21.3 Å². The van der Waals surface area contributed by atoms with Gasteiger partial charge in [0.2, 0.25) is 11.7 Å². The van der Waals surface area contributed by atoms with Crippen LogP contribution in [0.15, 0.2) is 12.1 Å². The Morgan fingerprint density at radius 2 is 1.63 bits per heavy atom. The molecule has 0 aliphatic rings.